The number of aryl methyl sites for hydroxylation is 1. The molecule has 5 heteroatoms. The van der Waals surface area contributed by atoms with E-state index >= 15 is 0 Å². The van der Waals surface area contributed by atoms with Crippen LogP contribution in [0.4, 0.5) is 0 Å². The average Bonchev–Trinajstić information content (AvgIpc) is 2.76. The van der Waals surface area contributed by atoms with Gasteiger partial charge in [0.25, 0.3) is 0 Å². The molecule has 0 aromatic carbocycles. The minimum Gasteiger partial charge on any atom is -0.444 e. The van der Waals surface area contributed by atoms with Crippen molar-refractivity contribution in [3.8, 4) is 0 Å². The number of nitrogens with two attached hydrogens (primary N) is 1. The Hall–Kier alpha value is -1.36. The van der Waals surface area contributed by atoms with Gasteiger partial charge in [-0.05, 0) is 19.8 Å². The van der Waals surface area contributed by atoms with E-state index in [9.17, 15) is 4.79 Å². The van der Waals surface area contributed by atoms with Crippen LogP contribution in [0.2, 0.25) is 0 Å². The molecule has 1 aromatic heterocycles. The molecule has 0 radical (unpaired) electrons. The Morgan fingerprint density at radius 1 is 1.79 bits per heavy atom. The predicted molar refractivity (Wildman–Crippen MR) is 49.2 cm³/mol. The molecular weight excluding hydrogens is 182 g/mol. The number of nitrogens with one attached hydrogen (secondary N) is 1. The van der Waals surface area contributed by atoms with Crippen molar-refractivity contribution in [2.45, 2.75) is 31.8 Å². The SMILES string of the molecule is Cc1cnc(CNC(=O)C2(N)CC2)o1. The molecule has 0 atom stereocenters. The summed E-state index contributed by atoms with van der Waals surface area (Å²) in [5.41, 5.74) is 5.07. The summed E-state index contributed by atoms with van der Waals surface area (Å²) >= 11 is 0. The van der Waals surface area contributed by atoms with Crippen molar-refractivity contribution in [2.24, 2.45) is 5.73 Å². The number of rotatable bonds is 3. The molecule has 3 N–H and O–H groups in total. The fourth-order valence-electron chi connectivity index (χ4n) is 1.18. The number of aromatic nitrogens is 1. The zero-order chi connectivity index (χ0) is 10.2. The maximum Gasteiger partial charge on any atom is 0.240 e. The Balaban J connectivity index is 1.85. The van der Waals surface area contributed by atoms with E-state index in [1.807, 2.05) is 6.92 Å². The summed E-state index contributed by atoms with van der Waals surface area (Å²) < 4.78 is 5.20. The number of hydrogen-bond donors (Lipinski definition) is 2. The van der Waals surface area contributed by atoms with Crippen molar-refractivity contribution in [1.29, 1.82) is 0 Å². The highest BCUT2D eigenvalue weighted by Crippen LogP contribution is 2.32. The van der Waals surface area contributed by atoms with Crippen molar-refractivity contribution in [3.63, 3.8) is 0 Å². The lowest BCUT2D eigenvalue weighted by Gasteiger charge is -2.07. The molecule has 0 unspecified atom stereocenters. The molecule has 1 aliphatic carbocycles. The number of amides is 1. The highest BCUT2D eigenvalue weighted by molar-refractivity contribution is 5.88. The van der Waals surface area contributed by atoms with Gasteiger partial charge in [-0.15, -0.1) is 0 Å². The normalized spacial score (nSPS) is 17.9. The molecular formula is C9H13N3O2. The number of oxazole rings is 1. The van der Waals surface area contributed by atoms with Crippen LogP contribution in [-0.4, -0.2) is 16.4 Å². The summed E-state index contributed by atoms with van der Waals surface area (Å²) in [5.74, 6) is 1.14. The summed E-state index contributed by atoms with van der Waals surface area (Å²) in [6.45, 7) is 2.12. The summed E-state index contributed by atoms with van der Waals surface area (Å²) in [6, 6.07) is 0. The standard InChI is InChI=1S/C9H13N3O2/c1-6-4-11-7(14-6)5-12-8(13)9(10)2-3-9/h4H,2-3,5,10H2,1H3,(H,12,13). The van der Waals surface area contributed by atoms with Crippen LogP contribution in [0, 0.1) is 6.92 Å². The molecule has 5 nitrogen and oxygen atoms in total. The first-order chi connectivity index (χ1) is 6.60. The van der Waals surface area contributed by atoms with Crippen LogP contribution >= 0.6 is 0 Å². The Labute approximate surface area is 81.7 Å². The molecule has 1 saturated carbocycles. The Kier molecular flexibility index (Phi) is 2.03. The number of nitrogens with zero attached hydrogens (tertiary/aromatic N) is 1. The predicted octanol–water partition coefficient (Wildman–Crippen LogP) is 0.0905. The third-order valence-corrected chi connectivity index (χ3v) is 2.31. The minimum absolute atomic E-state index is 0.117. The van der Waals surface area contributed by atoms with Crippen LogP contribution in [0.5, 0.6) is 0 Å². The first kappa shape index (κ1) is 9.21. The molecule has 1 amide bonds. The van der Waals surface area contributed by atoms with Gasteiger partial charge in [-0.2, -0.15) is 0 Å². The van der Waals surface area contributed by atoms with Gasteiger partial charge < -0.3 is 15.5 Å². The van der Waals surface area contributed by atoms with Crippen molar-refractivity contribution < 1.29 is 9.21 Å². The van der Waals surface area contributed by atoms with Gasteiger partial charge in [0.05, 0.1) is 18.3 Å². The summed E-state index contributed by atoms with van der Waals surface area (Å²) in [4.78, 5) is 15.4. The van der Waals surface area contributed by atoms with E-state index in [2.05, 4.69) is 10.3 Å². The lowest BCUT2D eigenvalue weighted by molar-refractivity contribution is -0.123. The Morgan fingerprint density at radius 3 is 3.00 bits per heavy atom. The molecule has 0 spiro atoms. The van der Waals surface area contributed by atoms with Gasteiger partial charge in [-0.25, -0.2) is 4.98 Å². The van der Waals surface area contributed by atoms with Crippen molar-refractivity contribution in [3.05, 3.63) is 17.8 Å². The van der Waals surface area contributed by atoms with Crippen molar-refractivity contribution in [1.82, 2.24) is 10.3 Å². The number of carbonyl (C=O) groups excluding carboxylic acids is 1. The molecule has 0 aliphatic heterocycles. The van der Waals surface area contributed by atoms with Gasteiger partial charge in [-0.3, -0.25) is 4.79 Å². The molecule has 1 heterocycles. The number of carbonyl (C=O) groups is 1. The van der Waals surface area contributed by atoms with E-state index in [1.54, 1.807) is 6.20 Å². The van der Waals surface area contributed by atoms with Crippen LogP contribution < -0.4 is 11.1 Å². The maximum absolute atomic E-state index is 11.4. The molecule has 0 saturated heterocycles. The number of hydrogen-bond acceptors (Lipinski definition) is 4. The van der Waals surface area contributed by atoms with Crippen molar-refractivity contribution in [2.75, 3.05) is 0 Å². The topological polar surface area (TPSA) is 81.2 Å². The summed E-state index contributed by atoms with van der Waals surface area (Å²) in [6.07, 6.45) is 3.16. The van der Waals surface area contributed by atoms with Crippen molar-refractivity contribution >= 4 is 5.91 Å². The molecule has 1 aliphatic rings. The minimum atomic E-state index is -0.623. The van der Waals surface area contributed by atoms with Crippen LogP contribution in [0.15, 0.2) is 10.6 Å². The second kappa shape index (κ2) is 3.09. The van der Waals surface area contributed by atoms with E-state index in [0.717, 1.165) is 18.6 Å². The Morgan fingerprint density at radius 2 is 2.50 bits per heavy atom. The van der Waals surface area contributed by atoms with Gasteiger partial charge in [0.2, 0.25) is 11.8 Å². The highest BCUT2D eigenvalue weighted by Gasteiger charge is 2.45. The van der Waals surface area contributed by atoms with E-state index in [0.29, 0.717) is 12.4 Å². The lowest BCUT2D eigenvalue weighted by Crippen LogP contribution is -2.42. The van der Waals surface area contributed by atoms with Gasteiger partial charge in [0.1, 0.15) is 5.76 Å². The third kappa shape index (κ3) is 1.77. The largest absolute Gasteiger partial charge is 0.444 e. The average molecular weight is 195 g/mol. The molecule has 76 valence electrons. The zero-order valence-corrected chi connectivity index (χ0v) is 8.04. The molecule has 1 aromatic rings. The fourth-order valence-corrected chi connectivity index (χ4v) is 1.18. The molecule has 14 heavy (non-hydrogen) atoms. The second-order valence-corrected chi connectivity index (χ2v) is 3.70. The van der Waals surface area contributed by atoms with E-state index in [4.69, 9.17) is 10.2 Å². The maximum atomic E-state index is 11.4. The Bertz CT molecular complexity index is 355. The van der Waals surface area contributed by atoms with E-state index in [1.165, 1.54) is 0 Å². The van der Waals surface area contributed by atoms with Crippen LogP contribution in [-0.2, 0) is 11.3 Å². The first-order valence-corrected chi connectivity index (χ1v) is 4.59. The van der Waals surface area contributed by atoms with Crippen LogP contribution in [0.1, 0.15) is 24.5 Å². The van der Waals surface area contributed by atoms with Crippen LogP contribution in [0.25, 0.3) is 0 Å². The zero-order valence-electron chi connectivity index (χ0n) is 8.04. The monoisotopic (exact) mass is 195 g/mol. The summed E-state index contributed by atoms with van der Waals surface area (Å²) in [5, 5.41) is 2.69. The van der Waals surface area contributed by atoms with Crippen LogP contribution in [0.3, 0.4) is 0 Å². The fraction of sp³-hybridized carbons (Fsp3) is 0.556. The highest BCUT2D eigenvalue weighted by atomic mass is 16.4. The van der Waals surface area contributed by atoms with E-state index < -0.39 is 5.54 Å². The van der Waals surface area contributed by atoms with Gasteiger partial charge in [-0.1, -0.05) is 0 Å². The molecule has 0 bridgehead atoms. The van der Waals surface area contributed by atoms with Gasteiger partial charge in [0.15, 0.2) is 0 Å². The third-order valence-electron chi connectivity index (χ3n) is 2.31. The van der Waals surface area contributed by atoms with Gasteiger partial charge >= 0.3 is 0 Å². The quantitative estimate of drug-likeness (QED) is 0.716. The van der Waals surface area contributed by atoms with Gasteiger partial charge in [0, 0.05) is 0 Å². The molecule has 2 rings (SSSR count). The summed E-state index contributed by atoms with van der Waals surface area (Å²) in [7, 11) is 0. The first-order valence-electron chi connectivity index (χ1n) is 4.59. The van der Waals surface area contributed by atoms with E-state index in [-0.39, 0.29) is 5.91 Å². The second-order valence-electron chi connectivity index (χ2n) is 3.70. The smallest absolute Gasteiger partial charge is 0.240 e. The molecule has 1 fully saturated rings. The lowest BCUT2D eigenvalue weighted by atomic mass is 10.3.